The van der Waals surface area contributed by atoms with Gasteiger partial charge >= 0.3 is 0 Å². The van der Waals surface area contributed by atoms with Crippen molar-refractivity contribution in [2.45, 2.75) is 32.5 Å². The van der Waals surface area contributed by atoms with E-state index in [0.717, 1.165) is 16.9 Å². The minimum absolute atomic E-state index is 0.00379. The molecule has 0 saturated carbocycles. The van der Waals surface area contributed by atoms with E-state index in [-0.39, 0.29) is 11.9 Å². The molecule has 2 N–H and O–H groups in total. The van der Waals surface area contributed by atoms with Crippen LogP contribution in [0.2, 0.25) is 0 Å². The fourth-order valence-corrected chi connectivity index (χ4v) is 2.62. The van der Waals surface area contributed by atoms with Crippen molar-refractivity contribution in [3.63, 3.8) is 0 Å². The van der Waals surface area contributed by atoms with Crippen molar-refractivity contribution in [2.24, 2.45) is 0 Å². The maximum atomic E-state index is 13.1. The standard InChI is InChI=1S/C16H19FN4O/c1-9-10(2)21-15-5-11(3-4-14(15)20-9)16(22)19-8-13-6-12(17)7-18-13/h3-5,12-13,18H,6-8H2,1-2H3,(H,19,22)/t12-,13-/m0/s1. The Labute approximate surface area is 128 Å². The van der Waals surface area contributed by atoms with Gasteiger partial charge < -0.3 is 10.6 Å². The Hall–Kier alpha value is -2.08. The average Bonchev–Trinajstić information content (AvgIpc) is 2.91. The van der Waals surface area contributed by atoms with Crippen LogP contribution >= 0.6 is 0 Å². The van der Waals surface area contributed by atoms with Gasteiger partial charge in [-0.05, 0) is 38.5 Å². The lowest BCUT2D eigenvalue weighted by Crippen LogP contribution is -2.37. The molecular formula is C16H19FN4O. The van der Waals surface area contributed by atoms with Gasteiger partial charge in [0.2, 0.25) is 0 Å². The number of hydrogen-bond donors (Lipinski definition) is 2. The molecule has 5 nitrogen and oxygen atoms in total. The van der Waals surface area contributed by atoms with Crippen LogP contribution < -0.4 is 10.6 Å². The maximum absolute atomic E-state index is 13.1. The van der Waals surface area contributed by atoms with Gasteiger partial charge in [-0.2, -0.15) is 0 Å². The highest BCUT2D eigenvalue weighted by Crippen LogP contribution is 2.15. The third-order valence-corrected chi connectivity index (χ3v) is 4.01. The third kappa shape index (κ3) is 3.06. The average molecular weight is 302 g/mol. The number of fused-ring (bicyclic) bond motifs is 1. The molecule has 0 aliphatic carbocycles. The minimum atomic E-state index is -0.816. The topological polar surface area (TPSA) is 66.9 Å². The molecule has 0 spiro atoms. The van der Waals surface area contributed by atoms with Gasteiger partial charge in [0.15, 0.2) is 0 Å². The van der Waals surface area contributed by atoms with Gasteiger partial charge in [-0.25, -0.2) is 14.4 Å². The van der Waals surface area contributed by atoms with Crippen LogP contribution in [0.5, 0.6) is 0 Å². The SMILES string of the molecule is Cc1nc2ccc(C(=O)NC[C@@H]3C[C@H](F)CN3)cc2nc1C. The van der Waals surface area contributed by atoms with Crippen LogP contribution in [0, 0.1) is 13.8 Å². The summed E-state index contributed by atoms with van der Waals surface area (Å²) in [7, 11) is 0. The summed E-state index contributed by atoms with van der Waals surface area (Å²) in [5, 5.41) is 5.88. The molecular weight excluding hydrogens is 283 g/mol. The van der Waals surface area contributed by atoms with E-state index in [1.807, 2.05) is 13.8 Å². The fourth-order valence-electron chi connectivity index (χ4n) is 2.62. The Morgan fingerprint density at radius 1 is 1.32 bits per heavy atom. The van der Waals surface area contributed by atoms with Gasteiger partial charge in [0.25, 0.3) is 5.91 Å². The predicted molar refractivity (Wildman–Crippen MR) is 82.6 cm³/mol. The molecule has 2 heterocycles. The number of alkyl halides is 1. The molecule has 1 aromatic heterocycles. The Balaban J connectivity index is 1.72. The zero-order chi connectivity index (χ0) is 15.7. The van der Waals surface area contributed by atoms with E-state index >= 15 is 0 Å². The summed E-state index contributed by atoms with van der Waals surface area (Å²) in [6.45, 7) is 4.60. The first-order valence-electron chi connectivity index (χ1n) is 7.43. The lowest BCUT2D eigenvalue weighted by Gasteiger charge is -2.11. The number of aromatic nitrogens is 2. The molecule has 3 rings (SSSR count). The van der Waals surface area contributed by atoms with Gasteiger partial charge in [0.1, 0.15) is 6.17 Å². The molecule has 0 unspecified atom stereocenters. The molecule has 1 aliphatic rings. The number of halogens is 1. The van der Waals surface area contributed by atoms with Crippen molar-refractivity contribution >= 4 is 16.9 Å². The molecule has 1 aromatic carbocycles. The molecule has 2 atom stereocenters. The van der Waals surface area contributed by atoms with Crippen molar-refractivity contribution in [2.75, 3.05) is 13.1 Å². The summed E-state index contributed by atoms with van der Waals surface area (Å²) >= 11 is 0. The molecule has 22 heavy (non-hydrogen) atoms. The fraction of sp³-hybridized carbons (Fsp3) is 0.438. The second-order valence-electron chi connectivity index (χ2n) is 5.75. The molecule has 116 valence electrons. The van der Waals surface area contributed by atoms with Crippen LogP contribution in [0.3, 0.4) is 0 Å². The van der Waals surface area contributed by atoms with Crippen molar-refractivity contribution in [1.82, 2.24) is 20.6 Å². The van der Waals surface area contributed by atoms with E-state index in [9.17, 15) is 9.18 Å². The van der Waals surface area contributed by atoms with Crippen LogP contribution in [0.15, 0.2) is 18.2 Å². The van der Waals surface area contributed by atoms with Crippen molar-refractivity contribution in [1.29, 1.82) is 0 Å². The maximum Gasteiger partial charge on any atom is 0.251 e. The smallest absolute Gasteiger partial charge is 0.251 e. The Morgan fingerprint density at radius 3 is 2.73 bits per heavy atom. The van der Waals surface area contributed by atoms with E-state index in [0.29, 0.717) is 30.6 Å². The second kappa shape index (κ2) is 5.96. The number of amides is 1. The Morgan fingerprint density at radius 2 is 2.05 bits per heavy atom. The first kappa shape index (κ1) is 14.8. The van der Waals surface area contributed by atoms with Gasteiger partial charge in [0.05, 0.1) is 22.4 Å². The van der Waals surface area contributed by atoms with Crippen molar-refractivity contribution in [3.05, 3.63) is 35.2 Å². The minimum Gasteiger partial charge on any atom is -0.350 e. The lowest BCUT2D eigenvalue weighted by molar-refractivity contribution is 0.0950. The number of hydrogen-bond acceptors (Lipinski definition) is 4. The molecule has 1 amide bonds. The Kier molecular flexibility index (Phi) is 4.02. The predicted octanol–water partition coefficient (Wildman–Crippen LogP) is 1.68. The number of aryl methyl sites for hydroxylation is 2. The summed E-state index contributed by atoms with van der Waals surface area (Å²) in [6.07, 6.45) is -0.369. The number of carbonyl (C=O) groups excluding carboxylic acids is 1. The number of benzene rings is 1. The highest BCUT2D eigenvalue weighted by molar-refractivity contribution is 5.97. The Bertz CT molecular complexity index is 719. The molecule has 6 heteroatoms. The highest BCUT2D eigenvalue weighted by Gasteiger charge is 2.23. The van der Waals surface area contributed by atoms with Gasteiger partial charge in [0, 0.05) is 24.7 Å². The molecule has 2 aromatic rings. The van der Waals surface area contributed by atoms with E-state index in [1.54, 1.807) is 18.2 Å². The second-order valence-corrected chi connectivity index (χ2v) is 5.75. The number of carbonyl (C=O) groups is 1. The summed E-state index contributed by atoms with van der Waals surface area (Å²) in [5.41, 5.74) is 3.77. The molecule has 0 radical (unpaired) electrons. The monoisotopic (exact) mass is 302 g/mol. The normalized spacial score (nSPS) is 21.2. The van der Waals surface area contributed by atoms with E-state index < -0.39 is 6.17 Å². The van der Waals surface area contributed by atoms with Crippen LogP contribution in [0.1, 0.15) is 28.2 Å². The van der Waals surface area contributed by atoms with Crippen LogP contribution in [-0.4, -0.2) is 41.2 Å². The summed E-state index contributed by atoms with van der Waals surface area (Å²) in [4.78, 5) is 21.1. The van der Waals surface area contributed by atoms with Crippen LogP contribution in [0.4, 0.5) is 4.39 Å². The van der Waals surface area contributed by atoms with E-state index in [4.69, 9.17) is 0 Å². The highest BCUT2D eigenvalue weighted by atomic mass is 19.1. The number of rotatable bonds is 3. The van der Waals surface area contributed by atoms with Crippen molar-refractivity contribution in [3.8, 4) is 0 Å². The number of nitrogens with one attached hydrogen (secondary N) is 2. The van der Waals surface area contributed by atoms with Gasteiger partial charge in [-0.3, -0.25) is 4.79 Å². The van der Waals surface area contributed by atoms with E-state index in [1.165, 1.54) is 0 Å². The molecule has 0 bridgehead atoms. The zero-order valence-electron chi connectivity index (χ0n) is 12.7. The molecule has 1 saturated heterocycles. The number of nitrogens with zero attached hydrogens (tertiary/aromatic N) is 2. The van der Waals surface area contributed by atoms with Gasteiger partial charge in [-0.1, -0.05) is 0 Å². The quantitative estimate of drug-likeness (QED) is 0.905. The molecule has 1 aliphatic heterocycles. The summed E-state index contributed by atoms with van der Waals surface area (Å²) < 4.78 is 13.1. The first-order valence-corrected chi connectivity index (χ1v) is 7.43. The zero-order valence-corrected chi connectivity index (χ0v) is 12.7. The van der Waals surface area contributed by atoms with E-state index in [2.05, 4.69) is 20.6 Å². The lowest BCUT2D eigenvalue weighted by atomic mass is 10.1. The van der Waals surface area contributed by atoms with Crippen LogP contribution in [0.25, 0.3) is 11.0 Å². The third-order valence-electron chi connectivity index (χ3n) is 4.01. The van der Waals surface area contributed by atoms with Gasteiger partial charge in [-0.15, -0.1) is 0 Å². The summed E-state index contributed by atoms with van der Waals surface area (Å²) in [6, 6.07) is 5.28. The largest absolute Gasteiger partial charge is 0.350 e. The van der Waals surface area contributed by atoms with Crippen molar-refractivity contribution < 1.29 is 9.18 Å². The van der Waals surface area contributed by atoms with Crippen LogP contribution in [-0.2, 0) is 0 Å². The molecule has 1 fully saturated rings. The first-order chi connectivity index (χ1) is 10.5. The summed E-state index contributed by atoms with van der Waals surface area (Å²) in [5.74, 6) is -0.175.